The molecular formula is C11H20N2O4S. The highest BCUT2D eigenvalue weighted by Gasteiger charge is 2.28. The highest BCUT2D eigenvalue weighted by atomic mass is 32.2. The predicted molar refractivity (Wildman–Crippen MR) is 68.9 cm³/mol. The van der Waals surface area contributed by atoms with E-state index in [0.717, 1.165) is 0 Å². The Labute approximate surface area is 109 Å². The van der Waals surface area contributed by atoms with Gasteiger partial charge in [-0.15, -0.1) is 0 Å². The molecule has 0 aromatic rings. The molecule has 2 unspecified atom stereocenters. The normalized spacial score (nSPS) is 23.2. The first-order valence-electron chi connectivity index (χ1n) is 5.99. The number of carboxylic acid groups (broad SMARTS) is 1. The number of piperidine rings is 1. The first-order chi connectivity index (χ1) is 8.41. The van der Waals surface area contributed by atoms with Crippen LogP contribution in [0, 0.1) is 5.92 Å². The molecule has 0 aliphatic carbocycles. The van der Waals surface area contributed by atoms with Crippen molar-refractivity contribution in [3.8, 4) is 0 Å². The third-order valence-corrected chi connectivity index (χ3v) is 4.47. The smallest absolute Gasteiger partial charge is 0.317 e. The number of carboxylic acids is 1. The van der Waals surface area contributed by atoms with Gasteiger partial charge in [0.25, 0.3) is 0 Å². The molecule has 1 aliphatic heterocycles. The summed E-state index contributed by atoms with van der Waals surface area (Å²) in [7, 11) is -0.973. The quantitative estimate of drug-likeness (QED) is 0.771. The summed E-state index contributed by atoms with van der Waals surface area (Å²) in [5.74, 6) is -1.32. The van der Waals surface area contributed by atoms with Crippen molar-refractivity contribution in [1.82, 2.24) is 10.2 Å². The van der Waals surface area contributed by atoms with Crippen molar-refractivity contribution >= 4 is 22.8 Å². The van der Waals surface area contributed by atoms with Gasteiger partial charge < -0.3 is 15.3 Å². The van der Waals surface area contributed by atoms with Gasteiger partial charge in [0.05, 0.1) is 5.92 Å². The zero-order valence-electron chi connectivity index (χ0n) is 10.7. The van der Waals surface area contributed by atoms with E-state index in [2.05, 4.69) is 5.32 Å². The molecule has 1 rings (SSSR count). The molecular weight excluding hydrogens is 256 g/mol. The number of hydrogen-bond acceptors (Lipinski definition) is 3. The van der Waals surface area contributed by atoms with Crippen LogP contribution in [-0.4, -0.2) is 57.4 Å². The highest BCUT2D eigenvalue weighted by Crippen LogP contribution is 2.16. The summed E-state index contributed by atoms with van der Waals surface area (Å²) in [5.41, 5.74) is 0. The number of amides is 2. The van der Waals surface area contributed by atoms with Crippen LogP contribution in [0.3, 0.4) is 0 Å². The van der Waals surface area contributed by atoms with E-state index in [1.165, 1.54) is 4.90 Å². The standard InChI is InChI=1S/C11H20N2O4S/c1-8(18(2)17)6-12-11(16)13-5-3-4-9(7-13)10(14)15/h8-9H,3-7H2,1-2H3,(H,12,16)(H,14,15)/t8?,9-,18?/m1/s1. The Hall–Kier alpha value is -1.11. The van der Waals surface area contributed by atoms with E-state index < -0.39 is 22.7 Å². The van der Waals surface area contributed by atoms with Crippen LogP contribution in [-0.2, 0) is 15.6 Å². The number of nitrogens with zero attached hydrogens (tertiary/aromatic N) is 1. The van der Waals surface area contributed by atoms with Gasteiger partial charge in [-0.05, 0) is 19.8 Å². The maximum absolute atomic E-state index is 11.8. The summed E-state index contributed by atoms with van der Waals surface area (Å²) in [4.78, 5) is 24.2. The van der Waals surface area contributed by atoms with Crippen LogP contribution < -0.4 is 5.32 Å². The van der Waals surface area contributed by atoms with E-state index in [0.29, 0.717) is 25.9 Å². The minimum absolute atomic E-state index is 0.103. The molecule has 0 bridgehead atoms. The van der Waals surface area contributed by atoms with Gasteiger partial charge in [-0.2, -0.15) is 0 Å². The molecule has 2 N–H and O–H groups in total. The van der Waals surface area contributed by atoms with Crippen molar-refractivity contribution in [2.75, 3.05) is 25.9 Å². The molecule has 0 spiro atoms. The molecule has 0 radical (unpaired) electrons. The first kappa shape index (κ1) is 14.9. The molecule has 6 nitrogen and oxygen atoms in total. The van der Waals surface area contributed by atoms with E-state index in [4.69, 9.17) is 5.11 Å². The molecule has 1 saturated heterocycles. The number of carbonyl (C=O) groups is 2. The molecule has 1 fully saturated rings. The van der Waals surface area contributed by atoms with Crippen LogP contribution in [0.1, 0.15) is 19.8 Å². The first-order valence-corrected chi connectivity index (χ1v) is 7.61. The van der Waals surface area contributed by atoms with Gasteiger partial charge in [-0.3, -0.25) is 9.00 Å². The second kappa shape index (κ2) is 6.72. The summed E-state index contributed by atoms with van der Waals surface area (Å²) in [6, 6.07) is -0.266. The lowest BCUT2D eigenvalue weighted by Gasteiger charge is -2.31. The minimum atomic E-state index is -0.973. The largest absolute Gasteiger partial charge is 0.481 e. The summed E-state index contributed by atoms with van der Waals surface area (Å²) < 4.78 is 11.1. The zero-order valence-corrected chi connectivity index (χ0v) is 11.5. The molecule has 1 aliphatic rings. The Morgan fingerprint density at radius 1 is 1.56 bits per heavy atom. The van der Waals surface area contributed by atoms with Gasteiger partial charge >= 0.3 is 12.0 Å². The van der Waals surface area contributed by atoms with Crippen molar-refractivity contribution < 1.29 is 18.9 Å². The maximum atomic E-state index is 11.8. The van der Waals surface area contributed by atoms with Gasteiger partial charge in [0.15, 0.2) is 0 Å². The van der Waals surface area contributed by atoms with Crippen molar-refractivity contribution in [2.24, 2.45) is 5.92 Å². The number of aliphatic carboxylic acids is 1. The number of carbonyl (C=O) groups excluding carboxylic acids is 1. The summed E-state index contributed by atoms with van der Waals surface area (Å²) in [5, 5.41) is 11.5. The van der Waals surface area contributed by atoms with Gasteiger partial charge in [0, 0.05) is 41.9 Å². The number of hydrogen-bond donors (Lipinski definition) is 2. The van der Waals surface area contributed by atoms with Crippen molar-refractivity contribution in [2.45, 2.75) is 25.0 Å². The van der Waals surface area contributed by atoms with Crippen molar-refractivity contribution in [3.05, 3.63) is 0 Å². The number of rotatable bonds is 4. The molecule has 0 aromatic carbocycles. The topological polar surface area (TPSA) is 86.7 Å². The monoisotopic (exact) mass is 276 g/mol. The fourth-order valence-electron chi connectivity index (χ4n) is 1.82. The van der Waals surface area contributed by atoms with Crippen molar-refractivity contribution in [1.29, 1.82) is 0 Å². The Morgan fingerprint density at radius 2 is 2.22 bits per heavy atom. The van der Waals surface area contributed by atoms with Crippen LogP contribution in [0.15, 0.2) is 0 Å². The Kier molecular flexibility index (Phi) is 5.58. The van der Waals surface area contributed by atoms with E-state index in [1.54, 1.807) is 13.2 Å². The Bertz CT molecular complexity index is 348. The molecule has 3 atom stereocenters. The predicted octanol–water partition coefficient (Wildman–Crippen LogP) is 0.260. The van der Waals surface area contributed by atoms with Crippen molar-refractivity contribution in [3.63, 3.8) is 0 Å². The fraction of sp³-hybridized carbons (Fsp3) is 0.818. The van der Waals surface area contributed by atoms with E-state index in [-0.39, 0.29) is 17.8 Å². The average Bonchev–Trinajstić information content (AvgIpc) is 2.35. The number of likely N-dealkylation sites (tertiary alicyclic amines) is 1. The van der Waals surface area contributed by atoms with Gasteiger partial charge in [-0.1, -0.05) is 0 Å². The lowest BCUT2D eigenvalue weighted by molar-refractivity contribution is -0.143. The van der Waals surface area contributed by atoms with E-state index >= 15 is 0 Å². The molecule has 0 aromatic heterocycles. The lowest BCUT2D eigenvalue weighted by Crippen LogP contribution is -2.48. The second-order valence-corrected chi connectivity index (χ2v) is 6.42. The van der Waals surface area contributed by atoms with Crippen LogP contribution >= 0.6 is 0 Å². The maximum Gasteiger partial charge on any atom is 0.317 e. The molecule has 7 heteroatoms. The van der Waals surface area contributed by atoms with Gasteiger partial charge in [0.2, 0.25) is 0 Å². The van der Waals surface area contributed by atoms with E-state index in [9.17, 15) is 13.8 Å². The number of urea groups is 1. The van der Waals surface area contributed by atoms with Gasteiger partial charge in [0.1, 0.15) is 0 Å². The second-order valence-electron chi connectivity index (χ2n) is 4.62. The zero-order chi connectivity index (χ0) is 13.7. The molecule has 2 amide bonds. The highest BCUT2D eigenvalue weighted by molar-refractivity contribution is 7.84. The third-order valence-electron chi connectivity index (χ3n) is 3.17. The third kappa shape index (κ3) is 4.29. The summed E-state index contributed by atoms with van der Waals surface area (Å²) in [6.07, 6.45) is 2.92. The lowest BCUT2D eigenvalue weighted by atomic mass is 9.99. The minimum Gasteiger partial charge on any atom is -0.481 e. The summed E-state index contributed by atoms with van der Waals surface area (Å²) in [6.45, 7) is 2.98. The van der Waals surface area contributed by atoms with E-state index in [1.807, 2.05) is 0 Å². The van der Waals surface area contributed by atoms with Crippen LogP contribution in [0.25, 0.3) is 0 Å². The molecule has 1 heterocycles. The SMILES string of the molecule is CC(CNC(=O)N1CCC[C@@H](C(=O)O)C1)S(C)=O. The average molecular weight is 276 g/mol. The van der Waals surface area contributed by atoms with Crippen LogP contribution in [0.5, 0.6) is 0 Å². The molecule has 104 valence electrons. The van der Waals surface area contributed by atoms with Crippen LogP contribution in [0.2, 0.25) is 0 Å². The Morgan fingerprint density at radius 3 is 2.78 bits per heavy atom. The van der Waals surface area contributed by atoms with Gasteiger partial charge in [-0.25, -0.2) is 4.79 Å². The summed E-state index contributed by atoms with van der Waals surface area (Å²) >= 11 is 0. The molecule has 0 saturated carbocycles. The number of nitrogens with one attached hydrogen (secondary N) is 1. The fourth-order valence-corrected chi connectivity index (χ4v) is 2.14. The van der Waals surface area contributed by atoms with Crippen LogP contribution in [0.4, 0.5) is 4.79 Å². The Balaban J connectivity index is 2.42. The molecule has 18 heavy (non-hydrogen) atoms.